The minimum absolute atomic E-state index is 0.456. The highest BCUT2D eigenvalue weighted by atomic mass is 19.1. The second-order valence-corrected chi connectivity index (χ2v) is 5.02. The van der Waals surface area contributed by atoms with Crippen molar-refractivity contribution in [1.82, 2.24) is 4.98 Å². The molecule has 0 atom stereocenters. The van der Waals surface area contributed by atoms with Gasteiger partial charge in [-0.2, -0.15) is 4.39 Å². The van der Waals surface area contributed by atoms with E-state index in [-0.39, 0.29) is 0 Å². The Labute approximate surface area is 118 Å². The third kappa shape index (κ3) is 2.90. The summed E-state index contributed by atoms with van der Waals surface area (Å²) in [6.45, 7) is 2.90. The molecule has 1 fully saturated rings. The number of benzene rings is 1. The van der Waals surface area contributed by atoms with Crippen molar-refractivity contribution in [2.24, 2.45) is 0 Å². The van der Waals surface area contributed by atoms with Crippen LogP contribution in [-0.2, 0) is 6.54 Å². The van der Waals surface area contributed by atoms with E-state index in [9.17, 15) is 4.39 Å². The van der Waals surface area contributed by atoms with E-state index in [2.05, 4.69) is 33.4 Å². The molecule has 3 nitrogen and oxygen atoms in total. The van der Waals surface area contributed by atoms with Gasteiger partial charge in [0.15, 0.2) is 0 Å². The summed E-state index contributed by atoms with van der Waals surface area (Å²) >= 11 is 0. The predicted octanol–water partition coefficient (Wildman–Crippen LogP) is 3.43. The number of rotatable bonds is 4. The minimum atomic E-state index is -0.456. The normalized spacial score (nSPS) is 14.6. The van der Waals surface area contributed by atoms with Crippen LogP contribution in [0.15, 0.2) is 42.5 Å². The zero-order valence-corrected chi connectivity index (χ0v) is 11.3. The standard InChI is InChI=1S/C16H18FN3/c17-15-8-5-9-16(19-15)18-12-13-6-1-2-7-14(13)20-10-3-4-11-20/h1-2,5-9H,3-4,10-12H2,(H,18,19). The second-order valence-electron chi connectivity index (χ2n) is 5.02. The molecular weight excluding hydrogens is 253 g/mol. The largest absolute Gasteiger partial charge is 0.371 e. The summed E-state index contributed by atoms with van der Waals surface area (Å²) in [6.07, 6.45) is 2.51. The van der Waals surface area contributed by atoms with Gasteiger partial charge in [0.2, 0.25) is 5.95 Å². The van der Waals surface area contributed by atoms with Crippen molar-refractivity contribution < 1.29 is 4.39 Å². The molecule has 20 heavy (non-hydrogen) atoms. The zero-order valence-electron chi connectivity index (χ0n) is 11.3. The lowest BCUT2D eigenvalue weighted by Gasteiger charge is -2.21. The van der Waals surface area contributed by atoms with Crippen LogP contribution < -0.4 is 10.2 Å². The van der Waals surface area contributed by atoms with Crippen molar-refractivity contribution in [2.75, 3.05) is 23.3 Å². The Morgan fingerprint density at radius 3 is 2.65 bits per heavy atom. The van der Waals surface area contributed by atoms with E-state index in [0.717, 1.165) is 13.1 Å². The van der Waals surface area contributed by atoms with Gasteiger partial charge in [-0.05, 0) is 36.6 Å². The van der Waals surface area contributed by atoms with Gasteiger partial charge in [-0.15, -0.1) is 0 Å². The van der Waals surface area contributed by atoms with Crippen LogP contribution in [0.2, 0.25) is 0 Å². The fourth-order valence-electron chi connectivity index (χ4n) is 2.62. The molecular formula is C16H18FN3. The van der Waals surface area contributed by atoms with E-state index in [1.165, 1.54) is 30.2 Å². The molecule has 104 valence electrons. The topological polar surface area (TPSA) is 28.2 Å². The Bertz CT molecular complexity index is 579. The predicted molar refractivity (Wildman–Crippen MR) is 79.4 cm³/mol. The number of anilines is 2. The summed E-state index contributed by atoms with van der Waals surface area (Å²) in [4.78, 5) is 6.24. The highest BCUT2D eigenvalue weighted by Gasteiger charge is 2.15. The quantitative estimate of drug-likeness (QED) is 0.863. The summed E-state index contributed by atoms with van der Waals surface area (Å²) in [7, 11) is 0. The summed E-state index contributed by atoms with van der Waals surface area (Å²) in [5.41, 5.74) is 2.49. The first-order valence-electron chi connectivity index (χ1n) is 7.02. The van der Waals surface area contributed by atoms with Gasteiger partial charge in [0.25, 0.3) is 0 Å². The molecule has 1 aliphatic heterocycles. The van der Waals surface area contributed by atoms with Crippen LogP contribution in [0.4, 0.5) is 15.9 Å². The third-order valence-corrected chi connectivity index (χ3v) is 3.61. The molecule has 1 aromatic carbocycles. The molecule has 0 bridgehead atoms. The van der Waals surface area contributed by atoms with Crippen molar-refractivity contribution in [2.45, 2.75) is 19.4 Å². The monoisotopic (exact) mass is 271 g/mol. The molecule has 0 radical (unpaired) electrons. The lowest BCUT2D eigenvalue weighted by atomic mass is 10.1. The zero-order chi connectivity index (χ0) is 13.8. The Morgan fingerprint density at radius 2 is 1.85 bits per heavy atom. The van der Waals surface area contributed by atoms with Crippen LogP contribution in [0, 0.1) is 5.95 Å². The van der Waals surface area contributed by atoms with Gasteiger partial charge in [0.1, 0.15) is 5.82 Å². The Kier molecular flexibility index (Phi) is 3.81. The lowest BCUT2D eigenvalue weighted by Crippen LogP contribution is -2.20. The van der Waals surface area contributed by atoms with Crippen LogP contribution in [0.3, 0.4) is 0 Å². The fourth-order valence-corrected chi connectivity index (χ4v) is 2.62. The summed E-state index contributed by atoms with van der Waals surface area (Å²) in [5.74, 6) is 0.115. The maximum absolute atomic E-state index is 13.1. The van der Waals surface area contributed by atoms with Crippen LogP contribution in [0.25, 0.3) is 0 Å². The molecule has 0 unspecified atom stereocenters. The average Bonchev–Trinajstić information content (AvgIpc) is 3.00. The Hall–Kier alpha value is -2.10. The van der Waals surface area contributed by atoms with Crippen molar-refractivity contribution in [3.05, 3.63) is 54.0 Å². The summed E-state index contributed by atoms with van der Waals surface area (Å²) in [5, 5.41) is 3.19. The van der Waals surface area contributed by atoms with Crippen LogP contribution in [-0.4, -0.2) is 18.1 Å². The molecule has 3 rings (SSSR count). The highest BCUT2D eigenvalue weighted by Crippen LogP contribution is 2.25. The number of hydrogen-bond donors (Lipinski definition) is 1. The van der Waals surface area contributed by atoms with Crippen LogP contribution in [0.1, 0.15) is 18.4 Å². The number of aromatic nitrogens is 1. The van der Waals surface area contributed by atoms with Gasteiger partial charge in [-0.1, -0.05) is 24.3 Å². The molecule has 0 spiro atoms. The van der Waals surface area contributed by atoms with Crippen molar-refractivity contribution in [3.8, 4) is 0 Å². The van der Waals surface area contributed by atoms with Crippen LogP contribution >= 0.6 is 0 Å². The number of nitrogens with one attached hydrogen (secondary N) is 1. The van der Waals surface area contributed by atoms with Crippen LogP contribution in [0.5, 0.6) is 0 Å². The van der Waals surface area contributed by atoms with Gasteiger partial charge in [-0.25, -0.2) is 4.98 Å². The van der Waals surface area contributed by atoms with Gasteiger partial charge in [0, 0.05) is 25.3 Å². The Balaban J connectivity index is 1.74. The van der Waals surface area contributed by atoms with Gasteiger partial charge < -0.3 is 10.2 Å². The smallest absolute Gasteiger partial charge is 0.214 e. The van der Waals surface area contributed by atoms with E-state index in [1.807, 2.05) is 6.07 Å². The SMILES string of the molecule is Fc1cccc(NCc2ccccc2N2CCCC2)n1. The van der Waals surface area contributed by atoms with Crippen molar-refractivity contribution in [3.63, 3.8) is 0 Å². The molecule has 1 aliphatic rings. The lowest BCUT2D eigenvalue weighted by molar-refractivity contribution is 0.585. The molecule has 0 amide bonds. The number of halogens is 1. The average molecular weight is 271 g/mol. The molecule has 2 heterocycles. The number of nitrogens with zero attached hydrogens (tertiary/aromatic N) is 2. The maximum atomic E-state index is 13.1. The van der Waals surface area contributed by atoms with Crippen molar-refractivity contribution >= 4 is 11.5 Å². The van der Waals surface area contributed by atoms with Gasteiger partial charge in [-0.3, -0.25) is 0 Å². The maximum Gasteiger partial charge on any atom is 0.214 e. The number of para-hydroxylation sites is 1. The van der Waals surface area contributed by atoms with E-state index in [1.54, 1.807) is 12.1 Å². The fraction of sp³-hybridized carbons (Fsp3) is 0.312. The molecule has 1 N–H and O–H groups in total. The molecule has 4 heteroatoms. The molecule has 1 aromatic heterocycles. The number of pyridine rings is 1. The van der Waals surface area contributed by atoms with E-state index < -0.39 is 5.95 Å². The van der Waals surface area contributed by atoms with Gasteiger partial charge in [0.05, 0.1) is 0 Å². The first kappa shape index (κ1) is 12.9. The third-order valence-electron chi connectivity index (χ3n) is 3.61. The second kappa shape index (κ2) is 5.90. The van der Waals surface area contributed by atoms with Gasteiger partial charge >= 0.3 is 0 Å². The van der Waals surface area contributed by atoms with E-state index >= 15 is 0 Å². The number of hydrogen-bond acceptors (Lipinski definition) is 3. The van der Waals surface area contributed by atoms with E-state index in [4.69, 9.17) is 0 Å². The Morgan fingerprint density at radius 1 is 1.05 bits per heavy atom. The molecule has 0 aliphatic carbocycles. The first-order valence-corrected chi connectivity index (χ1v) is 7.02. The molecule has 0 saturated carbocycles. The highest BCUT2D eigenvalue weighted by molar-refractivity contribution is 5.55. The minimum Gasteiger partial charge on any atom is -0.371 e. The molecule has 1 saturated heterocycles. The summed E-state index contributed by atoms with van der Waals surface area (Å²) < 4.78 is 13.1. The summed E-state index contributed by atoms with van der Waals surface area (Å²) in [6, 6.07) is 13.2. The van der Waals surface area contributed by atoms with Crippen molar-refractivity contribution in [1.29, 1.82) is 0 Å². The first-order chi connectivity index (χ1) is 9.83. The van der Waals surface area contributed by atoms with E-state index in [0.29, 0.717) is 12.4 Å². The molecule has 2 aromatic rings.